The summed E-state index contributed by atoms with van der Waals surface area (Å²) in [5.41, 5.74) is 3.63. The Morgan fingerprint density at radius 1 is 1.13 bits per heavy atom. The van der Waals surface area contributed by atoms with Crippen molar-refractivity contribution < 1.29 is 13.8 Å². The SMILES string of the molecule is CC1(C)Cc2cc(Nc3nn([C@H]4CCCC[C@@H]4C#N)c4ccnc(OCc5ccccc5)c34)ccc2S1(O)O. The van der Waals surface area contributed by atoms with Crippen LogP contribution in [0, 0.1) is 17.2 Å². The molecule has 9 heteroatoms. The molecule has 0 bridgehead atoms. The number of nitrogens with one attached hydrogen (secondary N) is 1. The Balaban J connectivity index is 1.41. The van der Waals surface area contributed by atoms with Crippen molar-refractivity contribution in [3.05, 3.63) is 71.9 Å². The normalized spacial score (nSPS) is 22.1. The molecule has 0 spiro atoms. The third kappa shape index (κ3) is 4.52. The maximum Gasteiger partial charge on any atom is 0.227 e. The van der Waals surface area contributed by atoms with Crippen molar-refractivity contribution in [3.63, 3.8) is 0 Å². The second-order valence-electron chi connectivity index (χ2n) is 11.1. The van der Waals surface area contributed by atoms with Crippen LogP contribution in [-0.4, -0.2) is 28.6 Å². The molecule has 2 aliphatic rings. The molecule has 39 heavy (non-hydrogen) atoms. The lowest BCUT2D eigenvalue weighted by Gasteiger charge is -2.41. The highest BCUT2D eigenvalue weighted by molar-refractivity contribution is 8.25. The van der Waals surface area contributed by atoms with Gasteiger partial charge in [0.15, 0.2) is 5.82 Å². The molecule has 4 aromatic rings. The Morgan fingerprint density at radius 2 is 1.92 bits per heavy atom. The topological polar surface area (TPSA) is 116 Å². The maximum absolute atomic E-state index is 10.8. The summed E-state index contributed by atoms with van der Waals surface area (Å²) in [7, 11) is -2.88. The molecule has 0 unspecified atom stereocenters. The van der Waals surface area contributed by atoms with Gasteiger partial charge in [-0.1, -0.05) is 43.2 Å². The van der Waals surface area contributed by atoms with Crippen LogP contribution in [0.2, 0.25) is 0 Å². The molecule has 1 aliphatic heterocycles. The van der Waals surface area contributed by atoms with E-state index in [1.807, 2.05) is 67.1 Å². The van der Waals surface area contributed by atoms with Crippen molar-refractivity contribution in [1.29, 1.82) is 5.26 Å². The number of pyridine rings is 1. The first-order valence-corrected chi connectivity index (χ1v) is 14.9. The molecule has 2 aromatic carbocycles. The summed E-state index contributed by atoms with van der Waals surface area (Å²) in [6, 6.07) is 20.0. The van der Waals surface area contributed by atoms with Gasteiger partial charge < -0.3 is 10.1 Å². The minimum atomic E-state index is -2.88. The molecule has 1 saturated carbocycles. The second-order valence-corrected chi connectivity index (χ2v) is 13.7. The molecule has 6 rings (SSSR count). The Labute approximate surface area is 230 Å². The van der Waals surface area contributed by atoms with E-state index in [-0.39, 0.29) is 12.0 Å². The van der Waals surface area contributed by atoms with Crippen LogP contribution < -0.4 is 10.1 Å². The van der Waals surface area contributed by atoms with Gasteiger partial charge in [-0.3, -0.25) is 13.8 Å². The molecule has 0 saturated heterocycles. The summed E-state index contributed by atoms with van der Waals surface area (Å²) < 4.78 is 29.3. The van der Waals surface area contributed by atoms with Crippen molar-refractivity contribution in [2.45, 2.75) is 68.2 Å². The van der Waals surface area contributed by atoms with E-state index in [0.717, 1.165) is 53.4 Å². The molecule has 3 heterocycles. The first kappa shape index (κ1) is 25.7. The van der Waals surface area contributed by atoms with Gasteiger partial charge in [0.2, 0.25) is 5.88 Å². The highest BCUT2D eigenvalue weighted by atomic mass is 32.3. The fraction of sp³-hybridized carbons (Fsp3) is 0.367. The first-order valence-electron chi connectivity index (χ1n) is 13.4. The molecule has 0 radical (unpaired) electrons. The minimum Gasteiger partial charge on any atom is -0.472 e. The molecule has 202 valence electrons. The van der Waals surface area contributed by atoms with Gasteiger partial charge in [0.1, 0.15) is 12.0 Å². The third-order valence-electron chi connectivity index (χ3n) is 8.03. The van der Waals surface area contributed by atoms with E-state index in [9.17, 15) is 14.4 Å². The summed E-state index contributed by atoms with van der Waals surface area (Å²) in [4.78, 5) is 5.19. The first-order chi connectivity index (χ1) is 18.8. The zero-order valence-corrected chi connectivity index (χ0v) is 23.0. The van der Waals surface area contributed by atoms with E-state index in [1.165, 1.54) is 0 Å². The number of ether oxygens (including phenoxy) is 1. The van der Waals surface area contributed by atoms with E-state index in [2.05, 4.69) is 16.4 Å². The molecule has 2 atom stereocenters. The monoisotopic (exact) mass is 543 g/mol. The Kier molecular flexibility index (Phi) is 6.50. The van der Waals surface area contributed by atoms with Gasteiger partial charge in [0.05, 0.1) is 33.2 Å². The Hall–Kier alpha value is -3.58. The smallest absolute Gasteiger partial charge is 0.227 e. The van der Waals surface area contributed by atoms with Crippen LogP contribution in [0.5, 0.6) is 5.88 Å². The van der Waals surface area contributed by atoms with E-state index in [1.54, 1.807) is 12.3 Å². The standard InChI is InChI=1S/C30H33N5O3S/c1-30(2)17-22-16-23(12-13-26(22)39(30,36)37)33-28-27-25(35(34-28)24-11-7-6-10-21(24)18-31)14-15-32-29(27)38-19-20-8-4-3-5-9-20/h3-5,8-9,12-16,21,24,36-37H,6-7,10-11,17,19H2,1-2H3,(H,33,34)/t21-,24+/m1/s1. The zero-order chi connectivity index (χ0) is 27.2. The molecule has 3 N–H and O–H groups in total. The van der Waals surface area contributed by atoms with Crippen molar-refractivity contribution in [1.82, 2.24) is 14.8 Å². The van der Waals surface area contributed by atoms with E-state index >= 15 is 0 Å². The van der Waals surface area contributed by atoms with Crippen LogP contribution in [-0.2, 0) is 13.0 Å². The Bertz CT molecular complexity index is 1560. The summed E-state index contributed by atoms with van der Waals surface area (Å²) in [6.45, 7) is 4.15. The number of rotatable bonds is 6. The number of hydrogen-bond acceptors (Lipinski definition) is 7. The van der Waals surface area contributed by atoms with Crippen LogP contribution in [0.1, 0.15) is 56.7 Å². The number of hydrogen-bond donors (Lipinski definition) is 3. The van der Waals surface area contributed by atoms with Gasteiger partial charge >= 0.3 is 0 Å². The van der Waals surface area contributed by atoms with Crippen LogP contribution in [0.15, 0.2) is 65.7 Å². The summed E-state index contributed by atoms with van der Waals surface area (Å²) >= 11 is 0. The van der Waals surface area contributed by atoms with E-state index in [4.69, 9.17) is 9.84 Å². The third-order valence-corrected chi connectivity index (χ3v) is 10.7. The van der Waals surface area contributed by atoms with Crippen LogP contribution in [0.3, 0.4) is 0 Å². The van der Waals surface area contributed by atoms with Gasteiger partial charge in [-0.25, -0.2) is 4.98 Å². The minimum absolute atomic E-state index is 0.0278. The Morgan fingerprint density at radius 3 is 2.72 bits per heavy atom. The maximum atomic E-state index is 10.8. The molecule has 1 fully saturated rings. The number of anilines is 2. The lowest BCUT2D eigenvalue weighted by Crippen LogP contribution is -2.24. The second kappa shape index (κ2) is 9.87. The number of benzene rings is 2. The predicted octanol–water partition coefficient (Wildman–Crippen LogP) is 7.45. The van der Waals surface area contributed by atoms with Gasteiger partial charge in [0, 0.05) is 11.9 Å². The fourth-order valence-electron chi connectivity index (χ4n) is 5.86. The van der Waals surface area contributed by atoms with Gasteiger partial charge in [0.25, 0.3) is 0 Å². The number of nitriles is 1. The quantitative estimate of drug-likeness (QED) is 0.231. The van der Waals surface area contributed by atoms with Gasteiger partial charge in [-0.15, -0.1) is 0 Å². The number of nitrogens with zero attached hydrogens (tertiary/aromatic N) is 4. The summed E-state index contributed by atoms with van der Waals surface area (Å²) in [5, 5.41) is 19.1. The molecule has 0 amide bonds. The molecule has 2 aromatic heterocycles. The highest BCUT2D eigenvalue weighted by Crippen LogP contribution is 2.66. The van der Waals surface area contributed by atoms with Crippen molar-refractivity contribution in [2.75, 3.05) is 5.32 Å². The van der Waals surface area contributed by atoms with E-state index in [0.29, 0.717) is 29.6 Å². The van der Waals surface area contributed by atoms with Gasteiger partial charge in [-0.05, 0) is 68.5 Å². The zero-order valence-electron chi connectivity index (χ0n) is 22.2. The number of aromatic nitrogens is 3. The lowest BCUT2D eigenvalue weighted by molar-refractivity contribution is 0.277. The van der Waals surface area contributed by atoms with Crippen LogP contribution in [0.4, 0.5) is 11.5 Å². The van der Waals surface area contributed by atoms with Gasteiger partial charge in [-0.2, -0.15) is 21.0 Å². The average molecular weight is 544 g/mol. The predicted molar refractivity (Wildman–Crippen MR) is 154 cm³/mol. The van der Waals surface area contributed by atoms with E-state index < -0.39 is 15.3 Å². The molecule has 8 nitrogen and oxygen atoms in total. The molecular formula is C30H33N5O3S. The molecule has 1 aliphatic carbocycles. The van der Waals surface area contributed by atoms with Crippen LogP contribution >= 0.6 is 10.6 Å². The highest BCUT2D eigenvalue weighted by Gasteiger charge is 2.43. The number of fused-ring (bicyclic) bond motifs is 2. The van der Waals surface area contributed by atoms with Crippen molar-refractivity contribution in [2.24, 2.45) is 5.92 Å². The lowest BCUT2D eigenvalue weighted by atomic mass is 9.85. The summed E-state index contributed by atoms with van der Waals surface area (Å²) in [6.07, 6.45) is 6.17. The largest absolute Gasteiger partial charge is 0.472 e. The average Bonchev–Trinajstić information content (AvgIpc) is 3.38. The molecular weight excluding hydrogens is 510 g/mol. The fourth-order valence-corrected chi connectivity index (χ4v) is 7.56. The van der Waals surface area contributed by atoms with Crippen molar-refractivity contribution in [3.8, 4) is 11.9 Å². The van der Waals surface area contributed by atoms with Crippen molar-refractivity contribution >= 4 is 33.0 Å². The summed E-state index contributed by atoms with van der Waals surface area (Å²) in [5.74, 6) is 0.974. The van der Waals surface area contributed by atoms with Crippen LogP contribution in [0.25, 0.3) is 10.9 Å².